The molecule has 3 N–H and O–H groups in total. The summed E-state index contributed by atoms with van der Waals surface area (Å²) in [6.07, 6.45) is 3.97. The van der Waals surface area contributed by atoms with Crippen LogP contribution in [0.1, 0.15) is 17.0 Å². The van der Waals surface area contributed by atoms with Gasteiger partial charge in [-0.25, -0.2) is 4.79 Å². The van der Waals surface area contributed by atoms with Crippen molar-refractivity contribution in [2.75, 3.05) is 10.6 Å². The summed E-state index contributed by atoms with van der Waals surface area (Å²) in [5.41, 5.74) is 3.41. The fourth-order valence-corrected chi connectivity index (χ4v) is 2.69. The highest BCUT2D eigenvalue weighted by Crippen LogP contribution is 2.22. The molecule has 0 bridgehead atoms. The van der Waals surface area contributed by atoms with Gasteiger partial charge in [0.25, 0.3) is 0 Å². The number of hydrogen-bond donors (Lipinski definition) is 3. The van der Waals surface area contributed by atoms with E-state index < -0.39 is 6.03 Å². The minimum atomic E-state index is -0.397. The van der Waals surface area contributed by atoms with Crippen molar-refractivity contribution in [3.8, 4) is 0 Å². The maximum absolute atomic E-state index is 12.1. The second-order valence-electron chi connectivity index (χ2n) is 6.02. The van der Waals surface area contributed by atoms with Crippen LogP contribution in [0.2, 0.25) is 0 Å². The van der Waals surface area contributed by atoms with Crippen LogP contribution in [0.3, 0.4) is 0 Å². The Morgan fingerprint density at radius 3 is 2.70 bits per heavy atom. The Morgan fingerprint density at radius 2 is 1.93 bits per heavy atom. The van der Waals surface area contributed by atoms with Crippen LogP contribution in [0.15, 0.2) is 59.1 Å². The fraction of sp³-hybridized carbons (Fsp3) is 0.0500. The summed E-state index contributed by atoms with van der Waals surface area (Å²) in [5, 5.41) is 17.4. The average Bonchev–Trinajstić information content (AvgIpc) is 3.26. The zero-order valence-electron chi connectivity index (χ0n) is 14.6. The molecule has 0 saturated carbocycles. The lowest BCUT2D eigenvalue weighted by Crippen LogP contribution is -2.19. The van der Waals surface area contributed by atoms with Gasteiger partial charge in [0.05, 0.1) is 11.2 Å². The molecule has 2 aromatic heterocycles. The number of nitrogens with zero attached hydrogens (tertiary/aromatic N) is 2. The highest BCUT2D eigenvalue weighted by atomic mass is 16.5. The van der Waals surface area contributed by atoms with E-state index in [1.807, 2.05) is 60.7 Å². The standard InChI is InChI=1S/C20H17N5O2/c1-13-11-19(25-27-13)22-20(26)21-15-8-9-16-17(23-24-18(16)12-15)10-7-14-5-3-2-4-6-14/h2-12H,1H3,(H,23,24)(H2,21,22,25,26)/b10-7+. The van der Waals surface area contributed by atoms with Crippen LogP contribution in [-0.4, -0.2) is 21.4 Å². The summed E-state index contributed by atoms with van der Waals surface area (Å²) in [7, 11) is 0. The summed E-state index contributed by atoms with van der Waals surface area (Å²) in [6.45, 7) is 1.76. The second-order valence-corrected chi connectivity index (χ2v) is 6.02. The minimum absolute atomic E-state index is 0.362. The van der Waals surface area contributed by atoms with Gasteiger partial charge in [0.2, 0.25) is 0 Å². The zero-order chi connectivity index (χ0) is 18.6. The summed E-state index contributed by atoms with van der Waals surface area (Å²) in [5.74, 6) is 0.987. The van der Waals surface area contributed by atoms with E-state index in [1.165, 1.54) is 0 Å². The molecule has 0 atom stereocenters. The first-order valence-electron chi connectivity index (χ1n) is 8.40. The third kappa shape index (κ3) is 3.87. The van der Waals surface area contributed by atoms with Crippen LogP contribution < -0.4 is 10.6 Å². The molecule has 0 aliphatic carbocycles. The second kappa shape index (κ2) is 7.17. The van der Waals surface area contributed by atoms with Crippen LogP contribution in [0, 0.1) is 6.92 Å². The molecule has 7 heteroatoms. The largest absolute Gasteiger partial charge is 0.360 e. The van der Waals surface area contributed by atoms with E-state index in [0.717, 1.165) is 22.2 Å². The van der Waals surface area contributed by atoms with Crippen molar-refractivity contribution in [1.82, 2.24) is 15.4 Å². The number of amides is 2. The Morgan fingerprint density at radius 1 is 1.07 bits per heavy atom. The summed E-state index contributed by atoms with van der Waals surface area (Å²) < 4.78 is 4.92. The van der Waals surface area contributed by atoms with Gasteiger partial charge in [-0.15, -0.1) is 0 Å². The molecule has 2 heterocycles. The van der Waals surface area contributed by atoms with E-state index in [0.29, 0.717) is 17.3 Å². The smallest absolute Gasteiger partial charge is 0.324 e. The zero-order valence-corrected chi connectivity index (χ0v) is 14.6. The number of aryl methyl sites for hydroxylation is 1. The first kappa shape index (κ1) is 16.6. The quantitative estimate of drug-likeness (QED) is 0.493. The van der Waals surface area contributed by atoms with Crippen LogP contribution in [0.25, 0.3) is 23.1 Å². The molecule has 7 nitrogen and oxygen atoms in total. The van der Waals surface area contributed by atoms with Crippen molar-refractivity contribution in [3.63, 3.8) is 0 Å². The highest BCUT2D eigenvalue weighted by molar-refractivity contribution is 6.01. The molecule has 0 fully saturated rings. The third-order valence-corrected chi connectivity index (χ3v) is 3.95. The van der Waals surface area contributed by atoms with Crippen LogP contribution >= 0.6 is 0 Å². The van der Waals surface area contributed by atoms with Crippen molar-refractivity contribution < 1.29 is 9.32 Å². The van der Waals surface area contributed by atoms with Gasteiger partial charge in [0.15, 0.2) is 5.82 Å². The molecule has 2 amide bonds. The number of fused-ring (bicyclic) bond motifs is 1. The lowest BCUT2D eigenvalue weighted by atomic mass is 10.1. The summed E-state index contributed by atoms with van der Waals surface area (Å²) in [4.78, 5) is 12.1. The molecule has 0 spiro atoms. The van der Waals surface area contributed by atoms with Gasteiger partial charge in [0, 0.05) is 17.1 Å². The number of benzene rings is 2. The van der Waals surface area contributed by atoms with Crippen molar-refractivity contribution in [1.29, 1.82) is 0 Å². The fourth-order valence-electron chi connectivity index (χ4n) is 2.69. The number of rotatable bonds is 4. The Hall–Kier alpha value is -3.87. The molecule has 4 rings (SSSR count). The van der Waals surface area contributed by atoms with E-state index in [-0.39, 0.29) is 0 Å². The van der Waals surface area contributed by atoms with Crippen LogP contribution in [-0.2, 0) is 0 Å². The predicted molar refractivity (Wildman–Crippen MR) is 105 cm³/mol. The van der Waals surface area contributed by atoms with E-state index in [9.17, 15) is 4.79 Å². The van der Waals surface area contributed by atoms with E-state index in [4.69, 9.17) is 4.52 Å². The summed E-state index contributed by atoms with van der Waals surface area (Å²) >= 11 is 0. The van der Waals surface area contributed by atoms with Gasteiger partial charge >= 0.3 is 6.03 Å². The third-order valence-electron chi connectivity index (χ3n) is 3.95. The maximum atomic E-state index is 12.1. The SMILES string of the molecule is Cc1cc(NC(=O)Nc2ccc3c(/C=C/c4ccccc4)n[nH]c3c2)no1. The molecule has 2 aromatic carbocycles. The van der Waals surface area contributed by atoms with E-state index in [1.54, 1.807) is 13.0 Å². The van der Waals surface area contributed by atoms with Crippen LogP contribution in [0.5, 0.6) is 0 Å². The predicted octanol–water partition coefficient (Wildman–Crippen LogP) is 4.67. The minimum Gasteiger partial charge on any atom is -0.360 e. The van der Waals surface area contributed by atoms with E-state index in [2.05, 4.69) is 26.0 Å². The Balaban J connectivity index is 1.48. The number of hydrogen-bond acceptors (Lipinski definition) is 4. The van der Waals surface area contributed by atoms with Crippen molar-refractivity contribution in [3.05, 3.63) is 71.6 Å². The average molecular weight is 359 g/mol. The molecule has 0 radical (unpaired) electrons. The molecule has 0 saturated heterocycles. The topological polar surface area (TPSA) is 95.8 Å². The molecular weight excluding hydrogens is 342 g/mol. The van der Waals surface area contributed by atoms with Crippen molar-refractivity contribution >= 4 is 40.6 Å². The van der Waals surface area contributed by atoms with Crippen LogP contribution in [0.4, 0.5) is 16.3 Å². The maximum Gasteiger partial charge on any atom is 0.324 e. The molecule has 0 aliphatic rings. The molecular formula is C20H17N5O2. The molecule has 27 heavy (non-hydrogen) atoms. The number of carbonyl (C=O) groups excluding carboxylic acids is 1. The van der Waals surface area contributed by atoms with Gasteiger partial charge in [-0.1, -0.05) is 41.6 Å². The van der Waals surface area contributed by atoms with Gasteiger partial charge in [-0.05, 0) is 36.8 Å². The number of nitrogens with one attached hydrogen (secondary N) is 3. The van der Waals surface area contributed by atoms with Gasteiger partial charge in [-0.2, -0.15) is 5.10 Å². The first-order valence-corrected chi connectivity index (χ1v) is 8.40. The van der Waals surface area contributed by atoms with Crippen molar-refractivity contribution in [2.45, 2.75) is 6.92 Å². The number of aromatic amines is 1. The molecule has 134 valence electrons. The molecule has 0 unspecified atom stereocenters. The molecule has 0 aliphatic heterocycles. The van der Waals surface area contributed by atoms with Gasteiger partial charge < -0.3 is 9.84 Å². The highest BCUT2D eigenvalue weighted by Gasteiger charge is 2.08. The number of carbonyl (C=O) groups is 1. The van der Waals surface area contributed by atoms with Gasteiger partial charge in [0.1, 0.15) is 5.76 Å². The Bertz CT molecular complexity index is 1110. The number of anilines is 2. The Kier molecular flexibility index (Phi) is 4.40. The number of H-pyrrole nitrogens is 1. The monoisotopic (exact) mass is 359 g/mol. The lowest BCUT2D eigenvalue weighted by molar-refractivity contribution is 0.262. The van der Waals surface area contributed by atoms with Gasteiger partial charge in [-0.3, -0.25) is 10.4 Å². The normalized spacial score (nSPS) is 11.1. The molecule has 4 aromatic rings. The summed E-state index contributed by atoms with van der Waals surface area (Å²) in [6, 6.07) is 16.8. The number of aromatic nitrogens is 3. The van der Waals surface area contributed by atoms with Crippen molar-refractivity contribution in [2.24, 2.45) is 0 Å². The Labute approximate surface area is 155 Å². The van der Waals surface area contributed by atoms with E-state index >= 15 is 0 Å². The lowest BCUT2D eigenvalue weighted by Gasteiger charge is -2.05. The number of urea groups is 1. The first-order chi connectivity index (χ1) is 13.2.